The molecule has 1 aliphatic carbocycles. The molecule has 0 aromatic heterocycles. The van der Waals surface area contributed by atoms with Crippen molar-refractivity contribution in [1.29, 1.82) is 0 Å². The van der Waals surface area contributed by atoms with Crippen LogP contribution in [0.15, 0.2) is 12.1 Å². The molecule has 0 radical (unpaired) electrons. The highest BCUT2D eigenvalue weighted by atomic mass is 16.5. The molecule has 106 valence electrons. The SMILES string of the molecule is COc1cc2c(c(O)c1OC)C(=O)NC1CCCC=C21. The molecule has 1 atom stereocenters. The average molecular weight is 275 g/mol. The maximum atomic E-state index is 12.2. The Kier molecular flexibility index (Phi) is 3.04. The third-order valence-electron chi connectivity index (χ3n) is 3.92. The van der Waals surface area contributed by atoms with Crippen molar-refractivity contribution in [3.05, 3.63) is 23.3 Å². The van der Waals surface area contributed by atoms with Gasteiger partial charge in [-0.05, 0) is 36.5 Å². The molecule has 2 aliphatic rings. The van der Waals surface area contributed by atoms with Crippen molar-refractivity contribution >= 4 is 11.5 Å². The molecular weight excluding hydrogens is 258 g/mol. The van der Waals surface area contributed by atoms with Crippen molar-refractivity contribution in [3.63, 3.8) is 0 Å². The van der Waals surface area contributed by atoms with Crippen LogP contribution in [0.4, 0.5) is 0 Å². The minimum absolute atomic E-state index is 0.0289. The van der Waals surface area contributed by atoms with Crippen molar-refractivity contribution in [1.82, 2.24) is 5.32 Å². The smallest absolute Gasteiger partial charge is 0.256 e. The number of nitrogens with one attached hydrogen (secondary N) is 1. The number of hydrogen-bond donors (Lipinski definition) is 2. The van der Waals surface area contributed by atoms with Crippen LogP contribution in [0.2, 0.25) is 0 Å². The maximum Gasteiger partial charge on any atom is 0.256 e. The lowest BCUT2D eigenvalue weighted by atomic mass is 9.83. The predicted molar refractivity (Wildman–Crippen MR) is 74.3 cm³/mol. The molecule has 0 spiro atoms. The normalized spacial score (nSPS) is 20.4. The number of phenols is 1. The first-order chi connectivity index (χ1) is 9.67. The first-order valence-corrected chi connectivity index (χ1v) is 6.66. The summed E-state index contributed by atoms with van der Waals surface area (Å²) >= 11 is 0. The van der Waals surface area contributed by atoms with Gasteiger partial charge in [0, 0.05) is 0 Å². The van der Waals surface area contributed by atoms with Crippen LogP contribution in [0.3, 0.4) is 0 Å². The summed E-state index contributed by atoms with van der Waals surface area (Å²) in [5, 5.41) is 13.3. The van der Waals surface area contributed by atoms with Crippen molar-refractivity contribution in [3.8, 4) is 17.2 Å². The summed E-state index contributed by atoms with van der Waals surface area (Å²) in [6.07, 6.45) is 5.09. The van der Waals surface area contributed by atoms with Gasteiger partial charge in [0.2, 0.25) is 5.75 Å². The van der Waals surface area contributed by atoms with E-state index < -0.39 is 0 Å². The first-order valence-electron chi connectivity index (χ1n) is 6.66. The first kappa shape index (κ1) is 12.8. The fourth-order valence-electron chi connectivity index (χ4n) is 2.99. The van der Waals surface area contributed by atoms with E-state index in [1.807, 2.05) is 0 Å². The lowest BCUT2D eigenvalue weighted by Gasteiger charge is -2.32. The van der Waals surface area contributed by atoms with Crippen LogP contribution < -0.4 is 14.8 Å². The van der Waals surface area contributed by atoms with E-state index in [1.54, 1.807) is 6.07 Å². The van der Waals surface area contributed by atoms with E-state index >= 15 is 0 Å². The number of fused-ring (bicyclic) bond motifs is 3. The van der Waals surface area contributed by atoms with E-state index in [1.165, 1.54) is 14.2 Å². The van der Waals surface area contributed by atoms with Crippen LogP contribution in [0.1, 0.15) is 35.2 Å². The van der Waals surface area contributed by atoms with Crippen LogP contribution in [-0.4, -0.2) is 31.3 Å². The molecule has 0 saturated carbocycles. The van der Waals surface area contributed by atoms with E-state index in [4.69, 9.17) is 9.47 Å². The van der Waals surface area contributed by atoms with Gasteiger partial charge >= 0.3 is 0 Å². The quantitative estimate of drug-likeness (QED) is 0.867. The van der Waals surface area contributed by atoms with Crippen LogP contribution >= 0.6 is 0 Å². The van der Waals surface area contributed by atoms with E-state index in [0.29, 0.717) is 5.75 Å². The van der Waals surface area contributed by atoms with Crippen molar-refractivity contribution in [2.75, 3.05) is 14.2 Å². The number of ether oxygens (including phenoxy) is 2. The zero-order chi connectivity index (χ0) is 14.3. The zero-order valence-corrected chi connectivity index (χ0v) is 11.5. The molecule has 1 heterocycles. The van der Waals surface area contributed by atoms with E-state index in [2.05, 4.69) is 11.4 Å². The van der Waals surface area contributed by atoms with Gasteiger partial charge in [0.15, 0.2) is 11.5 Å². The summed E-state index contributed by atoms with van der Waals surface area (Å²) in [4.78, 5) is 12.2. The highest BCUT2D eigenvalue weighted by molar-refractivity contribution is 6.07. The fourth-order valence-corrected chi connectivity index (χ4v) is 2.99. The molecule has 5 heteroatoms. The Balaban J connectivity index is 2.26. The minimum Gasteiger partial charge on any atom is -0.504 e. The number of benzene rings is 1. The van der Waals surface area contributed by atoms with Gasteiger partial charge in [-0.3, -0.25) is 4.79 Å². The number of carbonyl (C=O) groups excluding carboxylic acids is 1. The van der Waals surface area contributed by atoms with Crippen LogP contribution in [0.5, 0.6) is 17.2 Å². The Hall–Kier alpha value is -2.17. The number of aromatic hydroxyl groups is 1. The molecule has 0 fully saturated rings. The largest absolute Gasteiger partial charge is 0.504 e. The highest BCUT2D eigenvalue weighted by Crippen LogP contribution is 2.46. The van der Waals surface area contributed by atoms with Gasteiger partial charge in [0.05, 0.1) is 25.8 Å². The molecule has 1 aliphatic heterocycles. The number of phenolic OH excluding ortho intramolecular Hbond substituents is 1. The molecular formula is C15H17NO4. The molecule has 3 rings (SSSR count). The van der Waals surface area contributed by atoms with Crippen LogP contribution in [0, 0.1) is 0 Å². The van der Waals surface area contributed by atoms with E-state index in [0.717, 1.165) is 30.4 Å². The molecule has 1 aromatic carbocycles. The third kappa shape index (κ3) is 1.73. The Morgan fingerprint density at radius 1 is 1.35 bits per heavy atom. The number of rotatable bonds is 2. The Bertz CT molecular complexity index is 606. The number of methoxy groups -OCH3 is 2. The van der Waals surface area contributed by atoms with Gasteiger partial charge < -0.3 is 19.9 Å². The summed E-state index contributed by atoms with van der Waals surface area (Å²) < 4.78 is 10.4. The summed E-state index contributed by atoms with van der Waals surface area (Å²) in [5.74, 6) is 0.201. The number of carbonyl (C=O) groups is 1. The topological polar surface area (TPSA) is 67.8 Å². The van der Waals surface area contributed by atoms with Crippen LogP contribution in [-0.2, 0) is 0 Å². The summed E-state index contributed by atoms with van der Waals surface area (Å²) in [7, 11) is 2.95. The molecule has 1 aromatic rings. The monoisotopic (exact) mass is 275 g/mol. The predicted octanol–water partition coefficient (Wildman–Crippen LogP) is 2.09. The van der Waals surface area contributed by atoms with Gasteiger partial charge in [0.1, 0.15) is 0 Å². The third-order valence-corrected chi connectivity index (χ3v) is 3.92. The summed E-state index contributed by atoms with van der Waals surface area (Å²) in [6.45, 7) is 0. The lowest BCUT2D eigenvalue weighted by molar-refractivity contribution is 0.0934. The number of allylic oxidation sites excluding steroid dienone is 1. The van der Waals surface area contributed by atoms with Crippen molar-refractivity contribution in [2.24, 2.45) is 0 Å². The van der Waals surface area contributed by atoms with Gasteiger partial charge in [-0.1, -0.05) is 6.08 Å². The lowest BCUT2D eigenvalue weighted by Crippen LogP contribution is -2.41. The molecule has 0 saturated heterocycles. The Morgan fingerprint density at radius 2 is 2.15 bits per heavy atom. The molecule has 5 nitrogen and oxygen atoms in total. The second kappa shape index (κ2) is 4.74. The van der Waals surface area contributed by atoms with Gasteiger partial charge in [-0.2, -0.15) is 0 Å². The second-order valence-electron chi connectivity index (χ2n) is 5.00. The Labute approximate surface area is 117 Å². The average Bonchev–Trinajstić information content (AvgIpc) is 2.46. The maximum absolute atomic E-state index is 12.2. The summed E-state index contributed by atoms with van der Waals surface area (Å²) in [6, 6.07) is 1.80. The van der Waals surface area contributed by atoms with Gasteiger partial charge in [0.25, 0.3) is 5.91 Å². The molecule has 2 N–H and O–H groups in total. The molecule has 0 bridgehead atoms. The van der Waals surface area contributed by atoms with Crippen molar-refractivity contribution < 1.29 is 19.4 Å². The molecule has 1 amide bonds. The highest BCUT2D eigenvalue weighted by Gasteiger charge is 2.34. The minimum atomic E-state index is -0.262. The Morgan fingerprint density at radius 3 is 2.85 bits per heavy atom. The van der Waals surface area contributed by atoms with Gasteiger partial charge in [-0.15, -0.1) is 0 Å². The number of amides is 1. The van der Waals surface area contributed by atoms with E-state index in [-0.39, 0.29) is 29.0 Å². The molecule has 1 unspecified atom stereocenters. The zero-order valence-electron chi connectivity index (χ0n) is 11.5. The van der Waals surface area contributed by atoms with Gasteiger partial charge in [-0.25, -0.2) is 0 Å². The van der Waals surface area contributed by atoms with E-state index in [9.17, 15) is 9.90 Å². The second-order valence-corrected chi connectivity index (χ2v) is 5.00. The van der Waals surface area contributed by atoms with Crippen molar-refractivity contribution in [2.45, 2.75) is 25.3 Å². The fraction of sp³-hybridized carbons (Fsp3) is 0.400. The van der Waals surface area contributed by atoms with Crippen LogP contribution in [0.25, 0.3) is 5.57 Å². The number of hydrogen-bond acceptors (Lipinski definition) is 4. The molecule has 20 heavy (non-hydrogen) atoms. The summed E-state index contributed by atoms with van der Waals surface area (Å²) in [5.41, 5.74) is 2.07. The standard InChI is InChI=1S/C15H17NO4/c1-19-11-7-9-8-5-3-4-6-10(8)16-15(18)12(9)13(17)14(11)20-2/h5,7,10,17H,3-4,6H2,1-2H3,(H,16,18).